The molecule has 0 radical (unpaired) electrons. The third kappa shape index (κ3) is 2.82. The van der Waals surface area contributed by atoms with E-state index < -0.39 is 0 Å². The number of carbonyl (C=O) groups is 2. The molecule has 2 aliphatic rings. The lowest BCUT2D eigenvalue weighted by Crippen LogP contribution is -2.40. The summed E-state index contributed by atoms with van der Waals surface area (Å²) in [6.07, 6.45) is 1.22. The smallest absolute Gasteiger partial charge is 0.228 e. The molecule has 5 rings (SSSR count). The van der Waals surface area contributed by atoms with E-state index in [1.54, 1.807) is 16.2 Å². The summed E-state index contributed by atoms with van der Waals surface area (Å²) >= 11 is 1.77. The van der Waals surface area contributed by atoms with E-state index in [0.29, 0.717) is 19.5 Å². The predicted octanol–water partition coefficient (Wildman–Crippen LogP) is 3.84. The van der Waals surface area contributed by atoms with Gasteiger partial charge in [0.2, 0.25) is 11.8 Å². The van der Waals surface area contributed by atoms with Crippen LogP contribution in [-0.2, 0) is 22.6 Å². The minimum absolute atomic E-state index is 0.0398. The molecule has 1 saturated heterocycles. The summed E-state index contributed by atoms with van der Waals surface area (Å²) < 4.78 is 0. The summed E-state index contributed by atoms with van der Waals surface area (Å²) in [5.41, 5.74) is 2.17. The summed E-state index contributed by atoms with van der Waals surface area (Å²) in [5.74, 6) is -0.0995. The Kier molecular flexibility index (Phi) is 3.97. The maximum Gasteiger partial charge on any atom is 0.228 e. The summed E-state index contributed by atoms with van der Waals surface area (Å²) in [5, 5.41) is 4.26. The van der Waals surface area contributed by atoms with Crippen LogP contribution in [0.25, 0.3) is 10.8 Å². The van der Waals surface area contributed by atoms with E-state index in [4.69, 9.17) is 0 Å². The summed E-state index contributed by atoms with van der Waals surface area (Å²) in [6.45, 7) is 1.90. The van der Waals surface area contributed by atoms with Crippen molar-refractivity contribution in [3.8, 4) is 0 Å². The van der Waals surface area contributed by atoms with Gasteiger partial charge in [0.25, 0.3) is 0 Å². The van der Waals surface area contributed by atoms with Crippen LogP contribution in [0, 0.1) is 5.92 Å². The van der Waals surface area contributed by atoms with Crippen LogP contribution in [0.5, 0.6) is 0 Å². The van der Waals surface area contributed by atoms with Gasteiger partial charge in [-0.2, -0.15) is 0 Å². The topological polar surface area (TPSA) is 40.6 Å². The van der Waals surface area contributed by atoms with Gasteiger partial charge < -0.3 is 9.80 Å². The molecule has 0 N–H and O–H groups in total. The number of hydrogen-bond acceptors (Lipinski definition) is 3. The normalized spacial score (nSPS) is 19.6. The average molecular weight is 376 g/mol. The van der Waals surface area contributed by atoms with Crippen molar-refractivity contribution in [2.45, 2.75) is 19.4 Å². The van der Waals surface area contributed by atoms with Crippen molar-refractivity contribution in [1.82, 2.24) is 4.90 Å². The number of benzene rings is 2. The van der Waals surface area contributed by atoms with Gasteiger partial charge >= 0.3 is 0 Å². The minimum atomic E-state index is -0.253. The maximum atomic E-state index is 13.1. The van der Waals surface area contributed by atoms with Crippen molar-refractivity contribution in [3.05, 3.63) is 64.4 Å². The molecule has 1 fully saturated rings. The van der Waals surface area contributed by atoms with Crippen LogP contribution in [0.3, 0.4) is 0 Å². The molecular formula is C22H20N2O2S. The number of rotatable bonds is 2. The molecule has 3 heterocycles. The Bertz CT molecular complexity index is 1040. The number of nitrogens with zero attached hydrogens (tertiary/aromatic N) is 2. The molecule has 0 aliphatic carbocycles. The molecule has 0 bridgehead atoms. The first kappa shape index (κ1) is 16.5. The third-order valence-electron chi connectivity index (χ3n) is 5.65. The van der Waals surface area contributed by atoms with Gasteiger partial charge in [0, 0.05) is 36.3 Å². The van der Waals surface area contributed by atoms with Crippen LogP contribution in [0.15, 0.2) is 53.9 Å². The van der Waals surface area contributed by atoms with Gasteiger partial charge in [0.1, 0.15) is 0 Å². The van der Waals surface area contributed by atoms with Crippen LogP contribution in [-0.4, -0.2) is 29.8 Å². The molecule has 0 spiro atoms. The molecule has 2 aromatic carbocycles. The SMILES string of the molecule is O=C(C1CC(=O)N(c2cccc3ccccc23)C1)N1CCc2sccc2C1. The quantitative estimate of drug-likeness (QED) is 0.682. The van der Waals surface area contributed by atoms with E-state index in [1.807, 2.05) is 47.4 Å². The molecule has 0 saturated carbocycles. The highest BCUT2D eigenvalue weighted by Crippen LogP contribution is 2.33. The van der Waals surface area contributed by atoms with E-state index in [0.717, 1.165) is 29.4 Å². The van der Waals surface area contributed by atoms with Crippen LogP contribution < -0.4 is 4.90 Å². The monoisotopic (exact) mass is 376 g/mol. The van der Waals surface area contributed by atoms with Gasteiger partial charge in [-0.1, -0.05) is 36.4 Å². The first-order valence-corrected chi connectivity index (χ1v) is 10.2. The highest BCUT2D eigenvalue weighted by atomic mass is 32.1. The minimum Gasteiger partial charge on any atom is -0.338 e. The molecule has 2 amide bonds. The number of thiophene rings is 1. The maximum absolute atomic E-state index is 13.1. The Hall–Kier alpha value is -2.66. The lowest BCUT2D eigenvalue weighted by molar-refractivity contribution is -0.136. The molecule has 1 unspecified atom stereocenters. The molecule has 136 valence electrons. The van der Waals surface area contributed by atoms with Gasteiger partial charge in [-0.3, -0.25) is 9.59 Å². The first-order chi connectivity index (χ1) is 13.2. The Morgan fingerprint density at radius 2 is 1.93 bits per heavy atom. The van der Waals surface area contributed by atoms with E-state index in [2.05, 4.69) is 11.4 Å². The zero-order valence-electron chi connectivity index (χ0n) is 14.9. The highest BCUT2D eigenvalue weighted by molar-refractivity contribution is 7.10. The lowest BCUT2D eigenvalue weighted by Gasteiger charge is -2.29. The fourth-order valence-corrected chi connectivity index (χ4v) is 5.13. The third-order valence-corrected chi connectivity index (χ3v) is 6.67. The molecule has 1 atom stereocenters. The summed E-state index contributed by atoms with van der Waals surface area (Å²) in [4.78, 5) is 30.9. The Morgan fingerprint density at radius 3 is 2.85 bits per heavy atom. The number of anilines is 1. The Morgan fingerprint density at radius 1 is 1.07 bits per heavy atom. The largest absolute Gasteiger partial charge is 0.338 e. The standard InChI is InChI=1S/C22H20N2O2S/c25-21-12-17(22(26)23-10-8-20-16(13-23)9-11-27-20)14-24(21)19-7-3-5-15-4-1-2-6-18(15)19/h1-7,9,11,17H,8,10,12-14H2. The van der Waals surface area contributed by atoms with E-state index in [1.165, 1.54) is 10.4 Å². The second-order valence-electron chi connectivity index (χ2n) is 7.28. The zero-order valence-corrected chi connectivity index (χ0v) is 15.7. The Labute approximate surface area is 162 Å². The molecule has 4 nitrogen and oxygen atoms in total. The van der Waals surface area contributed by atoms with E-state index >= 15 is 0 Å². The van der Waals surface area contributed by atoms with E-state index in [-0.39, 0.29) is 17.7 Å². The summed E-state index contributed by atoms with van der Waals surface area (Å²) in [7, 11) is 0. The number of carbonyl (C=O) groups excluding carboxylic acids is 2. The van der Waals surface area contributed by atoms with Crippen LogP contribution >= 0.6 is 11.3 Å². The van der Waals surface area contributed by atoms with Gasteiger partial charge in [-0.25, -0.2) is 0 Å². The van der Waals surface area contributed by atoms with Crippen molar-refractivity contribution in [3.63, 3.8) is 0 Å². The van der Waals surface area contributed by atoms with Crippen LogP contribution in [0.4, 0.5) is 5.69 Å². The molecule has 5 heteroatoms. The summed E-state index contributed by atoms with van der Waals surface area (Å²) in [6, 6.07) is 16.2. The fourth-order valence-electron chi connectivity index (χ4n) is 4.24. The van der Waals surface area contributed by atoms with Crippen LogP contribution in [0.1, 0.15) is 16.9 Å². The van der Waals surface area contributed by atoms with Crippen molar-refractivity contribution >= 4 is 39.6 Å². The molecule has 27 heavy (non-hydrogen) atoms. The predicted molar refractivity (Wildman–Crippen MR) is 108 cm³/mol. The zero-order chi connectivity index (χ0) is 18.4. The molecule has 3 aromatic rings. The van der Waals surface area contributed by atoms with Gasteiger partial charge in [-0.05, 0) is 34.9 Å². The Balaban J connectivity index is 1.38. The van der Waals surface area contributed by atoms with Gasteiger partial charge in [0.05, 0.1) is 11.6 Å². The van der Waals surface area contributed by atoms with Crippen molar-refractivity contribution < 1.29 is 9.59 Å². The molecular weight excluding hydrogens is 356 g/mol. The highest BCUT2D eigenvalue weighted by Gasteiger charge is 2.38. The second kappa shape index (κ2) is 6.50. The lowest BCUT2D eigenvalue weighted by atomic mass is 10.0. The first-order valence-electron chi connectivity index (χ1n) is 9.33. The number of fused-ring (bicyclic) bond motifs is 2. The van der Waals surface area contributed by atoms with Crippen molar-refractivity contribution in [2.24, 2.45) is 5.92 Å². The van der Waals surface area contributed by atoms with Crippen LogP contribution in [0.2, 0.25) is 0 Å². The second-order valence-corrected chi connectivity index (χ2v) is 8.28. The van der Waals surface area contributed by atoms with Gasteiger partial charge in [-0.15, -0.1) is 11.3 Å². The van der Waals surface area contributed by atoms with E-state index in [9.17, 15) is 9.59 Å². The van der Waals surface area contributed by atoms with Crippen molar-refractivity contribution in [1.29, 1.82) is 0 Å². The average Bonchev–Trinajstić information content (AvgIpc) is 3.32. The van der Waals surface area contributed by atoms with Crippen molar-refractivity contribution in [2.75, 3.05) is 18.0 Å². The fraction of sp³-hybridized carbons (Fsp3) is 0.273. The van der Waals surface area contributed by atoms with Gasteiger partial charge in [0.15, 0.2) is 0 Å². The number of hydrogen-bond donors (Lipinski definition) is 0. The molecule has 1 aromatic heterocycles. The number of amides is 2. The molecule has 2 aliphatic heterocycles.